The largest absolute Gasteiger partial charge is 0.485 e. The molecule has 0 atom stereocenters. The van der Waals surface area contributed by atoms with Crippen molar-refractivity contribution in [2.75, 3.05) is 6.61 Å². The maximum absolute atomic E-state index is 12.0. The Labute approximate surface area is 126 Å². The maximum Gasteiger partial charge on any atom is 0.347 e. The highest BCUT2D eigenvalue weighted by molar-refractivity contribution is 7.15. The molecule has 0 radical (unpaired) electrons. The molecule has 0 aliphatic heterocycles. The van der Waals surface area contributed by atoms with E-state index >= 15 is 0 Å². The number of carboxylic acids is 1. The zero-order valence-electron chi connectivity index (χ0n) is 12.0. The minimum Gasteiger partial charge on any atom is -0.485 e. The average molecular weight is 305 g/mol. The van der Waals surface area contributed by atoms with Crippen molar-refractivity contribution in [2.45, 2.75) is 20.8 Å². The number of nitrogens with zero attached hydrogens (tertiary/aromatic N) is 1. The lowest BCUT2D eigenvalue weighted by atomic mass is 10.1. The van der Waals surface area contributed by atoms with Crippen LogP contribution in [0.15, 0.2) is 18.2 Å². The molecule has 0 unspecified atom stereocenters. The van der Waals surface area contributed by atoms with Crippen LogP contribution in [0.1, 0.15) is 36.3 Å². The number of aromatic carboxylic acids is 1. The van der Waals surface area contributed by atoms with E-state index in [1.807, 2.05) is 26.0 Å². The van der Waals surface area contributed by atoms with Gasteiger partial charge in [-0.1, -0.05) is 12.1 Å². The average Bonchev–Trinajstić information content (AvgIpc) is 2.82. The molecule has 1 N–H and O–H groups in total. The van der Waals surface area contributed by atoms with Crippen LogP contribution in [-0.4, -0.2) is 28.4 Å². The van der Waals surface area contributed by atoms with Crippen molar-refractivity contribution < 1.29 is 19.4 Å². The zero-order valence-corrected chi connectivity index (χ0v) is 12.8. The first-order chi connectivity index (χ1) is 9.90. The van der Waals surface area contributed by atoms with Crippen molar-refractivity contribution in [3.63, 3.8) is 0 Å². The molecule has 0 saturated heterocycles. The fourth-order valence-electron chi connectivity index (χ4n) is 1.80. The summed E-state index contributed by atoms with van der Waals surface area (Å²) in [7, 11) is 0. The molecule has 1 aromatic carbocycles. The first-order valence-electron chi connectivity index (χ1n) is 6.33. The lowest BCUT2D eigenvalue weighted by Crippen LogP contribution is -2.12. The number of rotatable bonds is 5. The number of hydrogen-bond acceptors (Lipinski definition) is 5. The molecule has 0 saturated carbocycles. The van der Waals surface area contributed by atoms with Gasteiger partial charge < -0.3 is 9.84 Å². The monoisotopic (exact) mass is 305 g/mol. The molecular formula is C15H15NO4S. The molecule has 1 heterocycles. The highest BCUT2D eigenvalue weighted by atomic mass is 32.1. The summed E-state index contributed by atoms with van der Waals surface area (Å²) in [5.74, 6) is -0.744. The molecule has 110 valence electrons. The van der Waals surface area contributed by atoms with Gasteiger partial charge in [0.15, 0.2) is 11.6 Å². The van der Waals surface area contributed by atoms with Gasteiger partial charge in [-0.25, -0.2) is 9.78 Å². The number of thiazole rings is 1. The van der Waals surface area contributed by atoms with E-state index < -0.39 is 5.97 Å². The predicted molar refractivity (Wildman–Crippen MR) is 79.6 cm³/mol. The van der Waals surface area contributed by atoms with E-state index in [0.717, 1.165) is 22.5 Å². The molecule has 6 heteroatoms. The molecule has 5 nitrogen and oxygen atoms in total. The van der Waals surface area contributed by atoms with Gasteiger partial charge in [-0.2, -0.15) is 0 Å². The lowest BCUT2D eigenvalue weighted by Gasteiger charge is -2.09. The number of carbonyl (C=O) groups is 2. The summed E-state index contributed by atoms with van der Waals surface area (Å²) in [6.07, 6.45) is 0. The molecule has 2 rings (SSSR count). The molecule has 0 spiro atoms. The lowest BCUT2D eigenvalue weighted by molar-refractivity contribution is 0.0701. The number of ether oxygens (including phenoxy) is 1. The second-order valence-electron chi connectivity index (χ2n) is 4.65. The topological polar surface area (TPSA) is 76.5 Å². The van der Waals surface area contributed by atoms with Crippen LogP contribution in [0.25, 0.3) is 0 Å². The predicted octanol–water partition coefficient (Wildman–Crippen LogP) is 3.03. The highest BCUT2D eigenvalue weighted by Crippen LogP contribution is 2.22. The van der Waals surface area contributed by atoms with Crippen LogP contribution in [0, 0.1) is 20.8 Å². The van der Waals surface area contributed by atoms with Gasteiger partial charge in [-0.3, -0.25) is 4.79 Å². The third kappa shape index (κ3) is 3.28. The van der Waals surface area contributed by atoms with Gasteiger partial charge in [0.1, 0.15) is 10.6 Å². The van der Waals surface area contributed by atoms with E-state index in [9.17, 15) is 9.59 Å². The number of carbonyl (C=O) groups excluding carboxylic acids is 1. The van der Waals surface area contributed by atoms with Gasteiger partial charge in [0.05, 0.1) is 5.69 Å². The van der Waals surface area contributed by atoms with Crippen molar-refractivity contribution in [1.82, 2.24) is 4.98 Å². The van der Waals surface area contributed by atoms with Crippen LogP contribution in [0.5, 0.6) is 5.75 Å². The fourth-order valence-corrected chi connectivity index (χ4v) is 2.63. The fraction of sp³-hybridized carbons (Fsp3) is 0.267. The Kier molecular flexibility index (Phi) is 4.37. The summed E-state index contributed by atoms with van der Waals surface area (Å²) in [4.78, 5) is 27.1. The highest BCUT2D eigenvalue weighted by Gasteiger charge is 2.19. The first kappa shape index (κ1) is 15.2. The van der Waals surface area contributed by atoms with Gasteiger partial charge in [-0.05, 0) is 38.0 Å². The molecule has 2 aromatic rings. The number of benzene rings is 1. The van der Waals surface area contributed by atoms with Crippen molar-refractivity contribution in [2.24, 2.45) is 0 Å². The van der Waals surface area contributed by atoms with Crippen LogP contribution < -0.4 is 4.74 Å². The van der Waals surface area contributed by atoms with E-state index in [1.165, 1.54) is 0 Å². The molecule has 0 aliphatic rings. The van der Waals surface area contributed by atoms with Crippen molar-refractivity contribution in [3.8, 4) is 5.75 Å². The Morgan fingerprint density at radius 1 is 1.29 bits per heavy atom. The summed E-state index contributed by atoms with van der Waals surface area (Å²) in [5.41, 5.74) is 2.41. The Morgan fingerprint density at radius 3 is 2.62 bits per heavy atom. The zero-order chi connectivity index (χ0) is 15.6. The minimum atomic E-state index is -1.07. The molecule has 0 amide bonds. The van der Waals surface area contributed by atoms with E-state index in [1.54, 1.807) is 13.0 Å². The molecular weight excluding hydrogens is 290 g/mol. The minimum absolute atomic E-state index is 0.0880. The van der Waals surface area contributed by atoms with Crippen molar-refractivity contribution in [1.29, 1.82) is 0 Å². The molecule has 21 heavy (non-hydrogen) atoms. The number of Topliss-reactive ketones (excluding diaryl/α,β-unsaturated/α-hetero) is 1. The first-order valence-corrected chi connectivity index (χ1v) is 7.14. The van der Waals surface area contributed by atoms with E-state index in [2.05, 4.69) is 4.98 Å². The van der Waals surface area contributed by atoms with Crippen molar-refractivity contribution >= 4 is 23.1 Å². The number of aryl methyl sites for hydroxylation is 2. The van der Waals surface area contributed by atoms with Gasteiger partial charge in [-0.15, -0.1) is 11.3 Å². The summed E-state index contributed by atoms with van der Waals surface area (Å²) < 4.78 is 5.51. The molecule has 0 fully saturated rings. The third-order valence-corrected chi connectivity index (χ3v) is 4.33. The van der Waals surface area contributed by atoms with Crippen molar-refractivity contribution in [3.05, 3.63) is 44.9 Å². The number of hydrogen-bond donors (Lipinski definition) is 1. The van der Waals surface area contributed by atoms with Gasteiger partial charge >= 0.3 is 5.97 Å². The standard InChI is InChI=1S/C15H15NO4S/c1-8-5-4-6-12(9(8)2)20-7-11(17)14-16-10(3)13(21-14)15(18)19/h4-6H,7H2,1-3H3,(H,18,19). The quantitative estimate of drug-likeness (QED) is 0.859. The van der Waals surface area contributed by atoms with E-state index in [-0.39, 0.29) is 22.3 Å². The van der Waals surface area contributed by atoms with E-state index in [4.69, 9.17) is 9.84 Å². The van der Waals surface area contributed by atoms with Gasteiger partial charge in [0, 0.05) is 0 Å². The summed E-state index contributed by atoms with van der Waals surface area (Å²) in [5, 5.41) is 9.13. The summed E-state index contributed by atoms with van der Waals surface area (Å²) in [6, 6.07) is 5.62. The van der Waals surface area contributed by atoms with Crippen LogP contribution in [-0.2, 0) is 0 Å². The Hall–Kier alpha value is -2.21. The van der Waals surface area contributed by atoms with E-state index in [0.29, 0.717) is 11.4 Å². The third-order valence-electron chi connectivity index (χ3n) is 3.14. The van der Waals surface area contributed by atoms with Crippen LogP contribution >= 0.6 is 11.3 Å². The summed E-state index contributed by atoms with van der Waals surface area (Å²) >= 11 is 0.878. The number of aromatic nitrogens is 1. The normalized spacial score (nSPS) is 10.4. The molecule has 0 aliphatic carbocycles. The Morgan fingerprint density at radius 2 is 2.00 bits per heavy atom. The summed E-state index contributed by atoms with van der Waals surface area (Å²) in [6.45, 7) is 5.30. The second kappa shape index (κ2) is 6.05. The number of ketones is 1. The maximum atomic E-state index is 12.0. The number of carboxylic acid groups (broad SMARTS) is 1. The molecule has 0 bridgehead atoms. The Bertz CT molecular complexity index is 706. The van der Waals surface area contributed by atoms with Gasteiger partial charge in [0.2, 0.25) is 5.78 Å². The Balaban J connectivity index is 2.10. The smallest absolute Gasteiger partial charge is 0.347 e. The second-order valence-corrected chi connectivity index (χ2v) is 5.65. The van der Waals surface area contributed by atoms with Crippen LogP contribution in [0.4, 0.5) is 0 Å². The van der Waals surface area contributed by atoms with Crippen LogP contribution in [0.3, 0.4) is 0 Å². The SMILES string of the molecule is Cc1cccc(OCC(=O)c2nc(C)c(C(=O)O)s2)c1C. The van der Waals surface area contributed by atoms with Crippen LogP contribution in [0.2, 0.25) is 0 Å². The molecule has 1 aromatic heterocycles. The van der Waals surface area contributed by atoms with Gasteiger partial charge in [0.25, 0.3) is 0 Å².